The molecule has 0 aliphatic carbocycles. The fraction of sp³-hybridized carbons (Fsp3) is 0.833. The van der Waals surface area contributed by atoms with Crippen molar-refractivity contribution in [3.8, 4) is 12.3 Å². The second-order valence-electron chi connectivity index (χ2n) is 3.98. The molecule has 0 radical (unpaired) electrons. The third kappa shape index (κ3) is 6.94. The van der Waals surface area contributed by atoms with Gasteiger partial charge in [0.1, 0.15) is 0 Å². The van der Waals surface area contributed by atoms with Crippen molar-refractivity contribution in [3.05, 3.63) is 0 Å². The van der Waals surface area contributed by atoms with Crippen LogP contribution in [0.25, 0.3) is 0 Å². The van der Waals surface area contributed by atoms with Crippen LogP contribution in [0.3, 0.4) is 0 Å². The van der Waals surface area contributed by atoms with Crippen molar-refractivity contribution in [1.29, 1.82) is 0 Å². The van der Waals surface area contributed by atoms with Crippen LogP contribution in [0.15, 0.2) is 0 Å². The van der Waals surface area contributed by atoms with E-state index in [-0.39, 0.29) is 0 Å². The molecule has 14 heavy (non-hydrogen) atoms. The maximum Gasteiger partial charge on any atom is 0.0599 e. The molecule has 0 bridgehead atoms. The van der Waals surface area contributed by atoms with Crippen molar-refractivity contribution < 1.29 is 0 Å². The molecular weight excluding hydrogens is 172 g/mol. The van der Waals surface area contributed by atoms with E-state index in [2.05, 4.69) is 24.7 Å². The average Bonchev–Trinajstić information content (AvgIpc) is 2.15. The smallest absolute Gasteiger partial charge is 0.0599 e. The van der Waals surface area contributed by atoms with Crippen molar-refractivity contribution in [2.75, 3.05) is 26.2 Å². The maximum absolute atomic E-state index is 5.48. The van der Waals surface area contributed by atoms with E-state index in [9.17, 15) is 0 Å². The number of rotatable bonds is 8. The molecule has 1 unspecified atom stereocenters. The van der Waals surface area contributed by atoms with Gasteiger partial charge in [-0.2, -0.15) is 0 Å². The van der Waals surface area contributed by atoms with Gasteiger partial charge in [-0.3, -0.25) is 4.90 Å². The van der Waals surface area contributed by atoms with E-state index < -0.39 is 0 Å². The highest BCUT2D eigenvalue weighted by atomic mass is 15.1. The molecular formula is C12H24N2. The van der Waals surface area contributed by atoms with Gasteiger partial charge in [-0.05, 0) is 38.3 Å². The maximum atomic E-state index is 5.48. The zero-order chi connectivity index (χ0) is 10.8. The van der Waals surface area contributed by atoms with Crippen LogP contribution in [0.5, 0.6) is 0 Å². The molecule has 0 amide bonds. The predicted molar refractivity (Wildman–Crippen MR) is 63.0 cm³/mol. The number of nitrogens with two attached hydrogens (primary N) is 1. The summed E-state index contributed by atoms with van der Waals surface area (Å²) in [6, 6.07) is 0. The molecule has 0 aromatic heterocycles. The number of nitrogens with zero attached hydrogens (tertiary/aromatic N) is 1. The van der Waals surface area contributed by atoms with Gasteiger partial charge in [0.2, 0.25) is 0 Å². The SMILES string of the molecule is C#CCN(CCC)CC(C)CCCN. The van der Waals surface area contributed by atoms with Gasteiger partial charge in [0.05, 0.1) is 6.54 Å². The fourth-order valence-electron chi connectivity index (χ4n) is 1.68. The molecule has 0 saturated carbocycles. The quantitative estimate of drug-likeness (QED) is 0.599. The van der Waals surface area contributed by atoms with Crippen LogP contribution in [0.4, 0.5) is 0 Å². The van der Waals surface area contributed by atoms with Gasteiger partial charge in [0.15, 0.2) is 0 Å². The topological polar surface area (TPSA) is 29.3 Å². The zero-order valence-corrected chi connectivity index (χ0v) is 9.63. The minimum atomic E-state index is 0.707. The van der Waals surface area contributed by atoms with Gasteiger partial charge in [0, 0.05) is 6.54 Å². The van der Waals surface area contributed by atoms with Crippen LogP contribution in [-0.2, 0) is 0 Å². The molecule has 2 heteroatoms. The lowest BCUT2D eigenvalue weighted by Crippen LogP contribution is -2.30. The van der Waals surface area contributed by atoms with Crippen LogP contribution in [0.1, 0.15) is 33.1 Å². The molecule has 0 aromatic carbocycles. The summed E-state index contributed by atoms with van der Waals surface area (Å²) in [5.74, 6) is 3.42. The van der Waals surface area contributed by atoms with E-state index in [0.29, 0.717) is 5.92 Å². The van der Waals surface area contributed by atoms with E-state index in [4.69, 9.17) is 12.2 Å². The minimum absolute atomic E-state index is 0.707. The Hall–Kier alpha value is -0.520. The minimum Gasteiger partial charge on any atom is -0.330 e. The number of terminal acetylenes is 1. The van der Waals surface area contributed by atoms with Crippen LogP contribution in [-0.4, -0.2) is 31.1 Å². The zero-order valence-electron chi connectivity index (χ0n) is 9.63. The Kier molecular flexibility index (Phi) is 8.72. The molecule has 1 atom stereocenters. The van der Waals surface area contributed by atoms with Crippen molar-refractivity contribution in [1.82, 2.24) is 4.90 Å². The van der Waals surface area contributed by atoms with Crippen molar-refractivity contribution in [2.45, 2.75) is 33.1 Å². The molecule has 82 valence electrons. The lowest BCUT2D eigenvalue weighted by Gasteiger charge is -2.23. The Morgan fingerprint density at radius 1 is 1.50 bits per heavy atom. The summed E-state index contributed by atoms with van der Waals surface area (Å²) < 4.78 is 0. The second-order valence-corrected chi connectivity index (χ2v) is 3.98. The third-order valence-corrected chi connectivity index (χ3v) is 2.33. The Labute approximate surface area is 88.9 Å². The Morgan fingerprint density at radius 2 is 2.21 bits per heavy atom. The van der Waals surface area contributed by atoms with Gasteiger partial charge >= 0.3 is 0 Å². The fourth-order valence-corrected chi connectivity index (χ4v) is 1.68. The summed E-state index contributed by atoms with van der Waals surface area (Å²) in [5, 5.41) is 0. The summed E-state index contributed by atoms with van der Waals surface area (Å²) in [7, 11) is 0. The molecule has 0 aromatic rings. The Morgan fingerprint density at radius 3 is 2.71 bits per heavy atom. The second kappa shape index (κ2) is 9.05. The van der Waals surface area contributed by atoms with Gasteiger partial charge in [0.25, 0.3) is 0 Å². The van der Waals surface area contributed by atoms with Gasteiger partial charge in [-0.1, -0.05) is 19.8 Å². The predicted octanol–water partition coefficient (Wildman–Crippen LogP) is 1.71. The molecule has 0 spiro atoms. The highest BCUT2D eigenvalue weighted by molar-refractivity contribution is 4.88. The van der Waals surface area contributed by atoms with Crippen molar-refractivity contribution >= 4 is 0 Å². The Bertz CT molecular complexity index is 160. The molecule has 0 rings (SSSR count). The van der Waals surface area contributed by atoms with Crippen LogP contribution in [0, 0.1) is 18.3 Å². The first-order valence-corrected chi connectivity index (χ1v) is 5.60. The van der Waals surface area contributed by atoms with Crippen molar-refractivity contribution in [3.63, 3.8) is 0 Å². The summed E-state index contributed by atoms with van der Waals surface area (Å²) >= 11 is 0. The van der Waals surface area contributed by atoms with Crippen LogP contribution >= 0.6 is 0 Å². The molecule has 0 aliphatic rings. The van der Waals surface area contributed by atoms with Crippen LogP contribution in [0.2, 0.25) is 0 Å². The van der Waals surface area contributed by atoms with E-state index in [1.54, 1.807) is 0 Å². The van der Waals surface area contributed by atoms with Gasteiger partial charge in [-0.15, -0.1) is 6.42 Å². The first-order chi connectivity index (χ1) is 6.74. The molecule has 0 aliphatic heterocycles. The van der Waals surface area contributed by atoms with Crippen molar-refractivity contribution in [2.24, 2.45) is 11.7 Å². The lowest BCUT2D eigenvalue weighted by molar-refractivity contribution is 0.256. The highest BCUT2D eigenvalue weighted by Crippen LogP contribution is 2.07. The van der Waals surface area contributed by atoms with Gasteiger partial charge in [-0.25, -0.2) is 0 Å². The van der Waals surface area contributed by atoms with E-state index in [1.165, 1.54) is 12.8 Å². The normalized spacial score (nSPS) is 12.8. The average molecular weight is 196 g/mol. The van der Waals surface area contributed by atoms with E-state index in [0.717, 1.165) is 32.6 Å². The monoisotopic (exact) mass is 196 g/mol. The largest absolute Gasteiger partial charge is 0.330 e. The summed E-state index contributed by atoms with van der Waals surface area (Å²) in [5.41, 5.74) is 5.48. The molecule has 2 N–H and O–H groups in total. The van der Waals surface area contributed by atoms with Gasteiger partial charge < -0.3 is 5.73 Å². The van der Waals surface area contributed by atoms with E-state index >= 15 is 0 Å². The third-order valence-electron chi connectivity index (χ3n) is 2.33. The summed E-state index contributed by atoms with van der Waals surface area (Å²) in [6.07, 6.45) is 8.83. The molecule has 0 fully saturated rings. The molecule has 0 saturated heterocycles. The highest BCUT2D eigenvalue weighted by Gasteiger charge is 2.07. The molecule has 0 heterocycles. The van der Waals surface area contributed by atoms with E-state index in [1.807, 2.05) is 0 Å². The first kappa shape index (κ1) is 13.5. The lowest BCUT2D eigenvalue weighted by atomic mass is 10.1. The van der Waals surface area contributed by atoms with Crippen LogP contribution < -0.4 is 5.73 Å². The number of hydrogen-bond donors (Lipinski definition) is 1. The Balaban J connectivity index is 3.71. The molecule has 2 nitrogen and oxygen atoms in total. The summed E-state index contributed by atoms with van der Waals surface area (Å²) in [6.45, 7) is 8.26. The standard InChI is InChI=1S/C12H24N2/c1-4-9-14(10-5-2)11-12(3)7-6-8-13/h1,12H,5-11,13H2,2-3H3. The summed E-state index contributed by atoms with van der Waals surface area (Å²) in [4.78, 5) is 2.35. The first-order valence-electron chi connectivity index (χ1n) is 5.60. The number of hydrogen-bond acceptors (Lipinski definition) is 2.